The summed E-state index contributed by atoms with van der Waals surface area (Å²) in [6.45, 7) is 6.38. The van der Waals surface area contributed by atoms with E-state index in [2.05, 4.69) is 16.3 Å². The molecule has 0 bridgehead atoms. The summed E-state index contributed by atoms with van der Waals surface area (Å²) in [6.07, 6.45) is 1.84. The smallest absolute Gasteiger partial charge is 0.175 e. The predicted molar refractivity (Wildman–Crippen MR) is 82.4 cm³/mol. The molecule has 21 heavy (non-hydrogen) atoms. The van der Waals surface area contributed by atoms with Crippen LogP contribution in [0.3, 0.4) is 0 Å². The van der Waals surface area contributed by atoms with Crippen LogP contribution in [0.1, 0.15) is 22.5 Å². The fourth-order valence-electron chi connectivity index (χ4n) is 2.20. The van der Waals surface area contributed by atoms with Crippen molar-refractivity contribution in [1.82, 2.24) is 14.6 Å². The van der Waals surface area contributed by atoms with Gasteiger partial charge < -0.3 is 10.5 Å². The molecule has 0 amide bonds. The Kier molecular flexibility index (Phi) is 3.25. The van der Waals surface area contributed by atoms with Crippen LogP contribution in [0, 0.1) is 20.8 Å². The third-order valence-corrected chi connectivity index (χ3v) is 3.56. The van der Waals surface area contributed by atoms with E-state index in [0.717, 1.165) is 34.0 Å². The molecule has 0 aliphatic rings. The van der Waals surface area contributed by atoms with Gasteiger partial charge >= 0.3 is 0 Å². The molecule has 1 aromatic carbocycles. The quantitative estimate of drug-likeness (QED) is 0.802. The van der Waals surface area contributed by atoms with E-state index >= 15 is 0 Å². The minimum Gasteiger partial charge on any atom is -0.485 e. The fraction of sp³-hybridized carbons (Fsp3) is 0.250. The molecule has 0 saturated carbocycles. The number of rotatable bonds is 3. The van der Waals surface area contributed by atoms with Gasteiger partial charge in [-0.1, -0.05) is 12.1 Å². The number of nitrogens with two attached hydrogens (primary N) is 1. The number of ether oxygens (including phenoxy) is 1. The van der Waals surface area contributed by atoms with E-state index < -0.39 is 0 Å². The number of fused-ring (bicyclic) bond motifs is 1. The zero-order chi connectivity index (χ0) is 15.0. The second kappa shape index (κ2) is 5.09. The number of nitrogens with zero attached hydrogens (tertiary/aromatic N) is 3. The standard InChI is InChI=1S/C16H18N4O/c1-10-4-5-11(2)14(6-10)21-9-16-19-18-15-7-12(3)13(17)8-20(15)16/h4-8H,9,17H2,1-3H3. The van der Waals surface area contributed by atoms with Crippen LogP contribution in [0.5, 0.6) is 5.75 Å². The average molecular weight is 282 g/mol. The third-order valence-electron chi connectivity index (χ3n) is 3.56. The molecule has 3 rings (SSSR count). The molecular formula is C16H18N4O. The Bertz CT molecular complexity index is 807. The summed E-state index contributed by atoms with van der Waals surface area (Å²) in [5.74, 6) is 1.60. The van der Waals surface area contributed by atoms with Crippen molar-refractivity contribution in [3.8, 4) is 5.75 Å². The van der Waals surface area contributed by atoms with Crippen LogP contribution in [0.2, 0.25) is 0 Å². The molecule has 2 N–H and O–H groups in total. The number of hydrogen-bond acceptors (Lipinski definition) is 4. The van der Waals surface area contributed by atoms with Crippen LogP contribution >= 0.6 is 0 Å². The van der Waals surface area contributed by atoms with Crippen molar-refractivity contribution in [3.63, 3.8) is 0 Å². The van der Waals surface area contributed by atoms with Crippen LogP contribution in [0.25, 0.3) is 5.65 Å². The van der Waals surface area contributed by atoms with Crippen molar-refractivity contribution in [2.45, 2.75) is 27.4 Å². The van der Waals surface area contributed by atoms with Gasteiger partial charge in [0, 0.05) is 6.20 Å². The Morgan fingerprint density at radius 3 is 2.71 bits per heavy atom. The number of benzene rings is 1. The number of aromatic nitrogens is 3. The number of anilines is 1. The lowest BCUT2D eigenvalue weighted by molar-refractivity contribution is 0.292. The van der Waals surface area contributed by atoms with Crippen LogP contribution < -0.4 is 10.5 Å². The van der Waals surface area contributed by atoms with Gasteiger partial charge in [-0.2, -0.15) is 0 Å². The number of hydrogen-bond donors (Lipinski definition) is 1. The first-order valence-electron chi connectivity index (χ1n) is 6.84. The highest BCUT2D eigenvalue weighted by atomic mass is 16.5. The Balaban J connectivity index is 1.88. The molecule has 3 aromatic rings. The van der Waals surface area contributed by atoms with E-state index in [0.29, 0.717) is 6.61 Å². The fourth-order valence-corrected chi connectivity index (χ4v) is 2.20. The van der Waals surface area contributed by atoms with Crippen LogP contribution in [-0.4, -0.2) is 14.6 Å². The monoisotopic (exact) mass is 282 g/mol. The summed E-state index contributed by atoms with van der Waals surface area (Å²) in [4.78, 5) is 0. The molecule has 5 heteroatoms. The summed E-state index contributed by atoms with van der Waals surface area (Å²) in [5.41, 5.74) is 10.7. The van der Waals surface area contributed by atoms with Crippen molar-refractivity contribution in [1.29, 1.82) is 0 Å². The Morgan fingerprint density at radius 1 is 1.10 bits per heavy atom. The Labute approximate surface area is 123 Å². The highest BCUT2D eigenvalue weighted by molar-refractivity contribution is 5.53. The van der Waals surface area contributed by atoms with Crippen molar-refractivity contribution < 1.29 is 4.74 Å². The molecule has 0 spiro atoms. The minimum absolute atomic E-state index is 0.355. The molecule has 0 atom stereocenters. The van der Waals surface area contributed by atoms with E-state index in [1.165, 1.54) is 5.56 Å². The van der Waals surface area contributed by atoms with Gasteiger partial charge in [-0.15, -0.1) is 10.2 Å². The second-order valence-electron chi connectivity index (χ2n) is 5.31. The van der Waals surface area contributed by atoms with Crippen LogP contribution in [0.15, 0.2) is 30.5 Å². The van der Waals surface area contributed by atoms with E-state index in [1.54, 1.807) is 0 Å². The maximum absolute atomic E-state index is 5.95. The molecule has 0 unspecified atom stereocenters. The molecule has 2 heterocycles. The summed E-state index contributed by atoms with van der Waals surface area (Å²) in [5, 5.41) is 8.33. The first kappa shape index (κ1) is 13.4. The second-order valence-corrected chi connectivity index (χ2v) is 5.31. The Morgan fingerprint density at radius 2 is 1.90 bits per heavy atom. The third kappa shape index (κ3) is 2.54. The van der Waals surface area contributed by atoms with Gasteiger partial charge in [0.25, 0.3) is 0 Å². The maximum Gasteiger partial charge on any atom is 0.175 e. The van der Waals surface area contributed by atoms with Crippen molar-refractivity contribution in [3.05, 3.63) is 53.0 Å². The molecular weight excluding hydrogens is 264 g/mol. The molecule has 108 valence electrons. The number of aryl methyl sites for hydroxylation is 3. The van der Waals surface area contributed by atoms with Gasteiger partial charge in [0.05, 0.1) is 5.69 Å². The minimum atomic E-state index is 0.355. The summed E-state index contributed by atoms with van der Waals surface area (Å²) < 4.78 is 7.74. The highest BCUT2D eigenvalue weighted by Crippen LogP contribution is 2.21. The number of nitrogen functional groups attached to an aromatic ring is 1. The highest BCUT2D eigenvalue weighted by Gasteiger charge is 2.09. The van der Waals surface area contributed by atoms with Gasteiger partial charge in [-0.25, -0.2) is 0 Å². The average Bonchev–Trinajstić information content (AvgIpc) is 2.83. The molecule has 0 radical (unpaired) electrons. The predicted octanol–water partition coefficient (Wildman–Crippen LogP) is 2.82. The van der Waals surface area contributed by atoms with Crippen molar-refractivity contribution in [2.24, 2.45) is 0 Å². The molecule has 0 fully saturated rings. The zero-order valence-corrected chi connectivity index (χ0v) is 12.4. The van der Waals surface area contributed by atoms with E-state index in [-0.39, 0.29) is 0 Å². The van der Waals surface area contributed by atoms with Gasteiger partial charge in [-0.05, 0) is 49.6 Å². The van der Waals surface area contributed by atoms with Gasteiger partial charge in [0.1, 0.15) is 12.4 Å². The normalized spacial score (nSPS) is 11.0. The summed E-state index contributed by atoms with van der Waals surface area (Å²) in [7, 11) is 0. The topological polar surface area (TPSA) is 65.4 Å². The number of pyridine rings is 1. The van der Waals surface area contributed by atoms with Gasteiger partial charge in [0.2, 0.25) is 0 Å². The lowest BCUT2D eigenvalue weighted by Crippen LogP contribution is -2.03. The van der Waals surface area contributed by atoms with E-state index in [9.17, 15) is 0 Å². The molecule has 5 nitrogen and oxygen atoms in total. The maximum atomic E-state index is 5.95. The van der Waals surface area contributed by atoms with Crippen LogP contribution in [0.4, 0.5) is 5.69 Å². The summed E-state index contributed by atoms with van der Waals surface area (Å²) >= 11 is 0. The SMILES string of the molecule is Cc1ccc(C)c(OCc2nnc3cc(C)c(N)cn23)c1. The first-order valence-corrected chi connectivity index (χ1v) is 6.84. The first-order chi connectivity index (χ1) is 10.0. The van der Waals surface area contributed by atoms with E-state index in [1.807, 2.05) is 49.6 Å². The zero-order valence-electron chi connectivity index (χ0n) is 12.4. The van der Waals surface area contributed by atoms with Crippen molar-refractivity contribution in [2.75, 3.05) is 5.73 Å². The largest absolute Gasteiger partial charge is 0.485 e. The summed E-state index contributed by atoms with van der Waals surface area (Å²) in [6, 6.07) is 8.06. The van der Waals surface area contributed by atoms with Gasteiger partial charge in [-0.3, -0.25) is 4.40 Å². The van der Waals surface area contributed by atoms with Crippen LogP contribution in [-0.2, 0) is 6.61 Å². The van der Waals surface area contributed by atoms with E-state index in [4.69, 9.17) is 10.5 Å². The lowest BCUT2D eigenvalue weighted by Gasteiger charge is -2.09. The molecule has 0 aliphatic carbocycles. The lowest BCUT2D eigenvalue weighted by atomic mass is 10.1. The molecule has 0 saturated heterocycles. The molecule has 2 aromatic heterocycles. The Hall–Kier alpha value is -2.56. The van der Waals surface area contributed by atoms with Gasteiger partial charge in [0.15, 0.2) is 11.5 Å². The molecule has 0 aliphatic heterocycles. The van der Waals surface area contributed by atoms with Crippen molar-refractivity contribution >= 4 is 11.3 Å².